The van der Waals surface area contributed by atoms with Crippen LogP contribution in [0.1, 0.15) is 27.2 Å². The van der Waals surface area contributed by atoms with Crippen LogP contribution in [-0.4, -0.2) is 29.7 Å². The van der Waals surface area contributed by atoms with Gasteiger partial charge in [0, 0.05) is 5.69 Å². The highest BCUT2D eigenvalue weighted by molar-refractivity contribution is 6.12. The number of hydrogen-bond acceptors (Lipinski definition) is 5. The predicted molar refractivity (Wildman–Crippen MR) is 110 cm³/mol. The van der Waals surface area contributed by atoms with Crippen LogP contribution in [0.25, 0.3) is 0 Å². The van der Waals surface area contributed by atoms with Crippen LogP contribution in [0.15, 0.2) is 42.6 Å². The number of anilines is 3. The largest absolute Gasteiger partial charge is 0.480 e. The van der Waals surface area contributed by atoms with Gasteiger partial charge in [-0.25, -0.2) is 14.4 Å². The Kier molecular flexibility index (Phi) is 5.23. The zero-order valence-electron chi connectivity index (χ0n) is 17.4. The van der Waals surface area contributed by atoms with Crippen molar-refractivity contribution in [2.24, 2.45) is 0 Å². The number of amides is 1. The van der Waals surface area contributed by atoms with Crippen molar-refractivity contribution in [1.82, 2.24) is 9.97 Å². The van der Waals surface area contributed by atoms with Crippen LogP contribution >= 0.6 is 0 Å². The topological polar surface area (TPSA) is 58.6 Å². The summed E-state index contributed by atoms with van der Waals surface area (Å²) in [5, 5.41) is 0. The Balaban J connectivity index is 1.90. The number of halogens is 4. The van der Waals surface area contributed by atoms with E-state index in [2.05, 4.69) is 9.97 Å². The predicted octanol–water partition coefficient (Wildman–Crippen LogP) is 5.02. The summed E-state index contributed by atoms with van der Waals surface area (Å²) in [6.45, 7) is 3.15. The molecule has 1 aliphatic heterocycles. The van der Waals surface area contributed by atoms with Gasteiger partial charge in [0.2, 0.25) is 5.88 Å². The van der Waals surface area contributed by atoms with E-state index in [4.69, 9.17) is 4.74 Å². The fraction of sp³-hybridized carbons (Fsp3) is 0.227. The third-order valence-corrected chi connectivity index (χ3v) is 5.19. The first-order valence-corrected chi connectivity index (χ1v) is 9.54. The van der Waals surface area contributed by atoms with Crippen molar-refractivity contribution < 1.29 is 27.1 Å². The van der Waals surface area contributed by atoms with E-state index >= 15 is 0 Å². The molecule has 0 fully saturated rings. The van der Waals surface area contributed by atoms with E-state index < -0.39 is 23.5 Å². The lowest BCUT2D eigenvalue weighted by Gasteiger charge is -2.38. The Labute approximate surface area is 181 Å². The minimum absolute atomic E-state index is 0.0602. The van der Waals surface area contributed by atoms with E-state index in [1.54, 1.807) is 13.8 Å². The van der Waals surface area contributed by atoms with E-state index in [0.29, 0.717) is 16.9 Å². The smallest absolute Gasteiger partial charge is 0.416 e. The summed E-state index contributed by atoms with van der Waals surface area (Å²) in [7, 11) is 1.43. The van der Waals surface area contributed by atoms with Gasteiger partial charge in [-0.15, -0.1) is 0 Å². The molecule has 166 valence electrons. The summed E-state index contributed by atoms with van der Waals surface area (Å²) in [5.41, 5.74) is 0.621. The second kappa shape index (κ2) is 7.77. The molecule has 6 nitrogen and oxygen atoms in total. The van der Waals surface area contributed by atoms with Crippen molar-refractivity contribution >= 4 is 23.1 Å². The van der Waals surface area contributed by atoms with Gasteiger partial charge in [0.05, 0.1) is 35.8 Å². The molecule has 32 heavy (non-hydrogen) atoms. The second-order valence-corrected chi connectivity index (χ2v) is 7.28. The zero-order chi connectivity index (χ0) is 23.2. The maximum absolute atomic E-state index is 13.7. The highest BCUT2D eigenvalue weighted by Crippen LogP contribution is 2.40. The molecule has 0 atom stereocenters. The summed E-state index contributed by atoms with van der Waals surface area (Å²) in [6, 6.07) is 6.90. The summed E-state index contributed by atoms with van der Waals surface area (Å²) < 4.78 is 58.9. The van der Waals surface area contributed by atoms with E-state index in [0.717, 1.165) is 18.2 Å². The number of nitrogens with zero attached hydrogens (tertiary/aromatic N) is 4. The van der Waals surface area contributed by atoms with Crippen LogP contribution in [0.3, 0.4) is 0 Å². The molecule has 2 heterocycles. The van der Waals surface area contributed by atoms with Gasteiger partial charge in [-0.3, -0.25) is 9.69 Å². The maximum atomic E-state index is 13.7. The fourth-order valence-electron chi connectivity index (χ4n) is 3.65. The number of aryl methyl sites for hydroxylation is 2. The van der Waals surface area contributed by atoms with Gasteiger partial charge in [-0.05, 0) is 55.8 Å². The molecule has 0 spiro atoms. The first-order chi connectivity index (χ1) is 15.1. The Bertz CT molecular complexity index is 1210. The maximum Gasteiger partial charge on any atom is 0.416 e. The van der Waals surface area contributed by atoms with E-state index in [1.165, 1.54) is 41.3 Å². The third-order valence-electron chi connectivity index (χ3n) is 5.19. The lowest BCUT2D eigenvalue weighted by molar-refractivity contribution is -0.137. The molecule has 0 bridgehead atoms. The fourth-order valence-corrected chi connectivity index (χ4v) is 3.65. The minimum atomic E-state index is -4.59. The molecule has 0 radical (unpaired) electrons. The molecule has 10 heteroatoms. The quantitative estimate of drug-likeness (QED) is 0.529. The molecule has 0 unspecified atom stereocenters. The molecule has 1 aromatic heterocycles. The van der Waals surface area contributed by atoms with Crippen molar-refractivity contribution in [3.8, 4) is 5.88 Å². The van der Waals surface area contributed by atoms with Gasteiger partial charge in [0.1, 0.15) is 12.5 Å². The van der Waals surface area contributed by atoms with Crippen LogP contribution in [0.5, 0.6) is 5.88 Å². The number of hydrogen-bond donors (Lipinski definition) is 0. The molecular formula is C22H18F4N4O2. The molecule has 3 aromatic rings. The average molecular weight is 446 g/mol. The van der Waals surface area contributed by atoms with Crippen LogP contribution in [0.4, 0.5) is 34.8 Å². The van der Waals surface area contributed by atoms with E-state index in [-0.39, 0.29) is 29.6 Å². The molecule has 0 saturated carbocycles. The van der Waals surface area contributed by atoms with Gasteiger partial charge in [-0.2, -0.15) is 13.2 Å². The molecule has 0 aliphatic carbocycles. The number of rotatable bonds is 3. The normalized spacial score (nSPS) is 13.9. The zero-order valence-corrected chi connectivity index (χ0v) is 17.4. The van der Waals surface area contributed by atoms with E-state index in [1.807, 2.05) is 0 Å². The summed E-state index contributed by atoms with van der Waals surface area (Å²) in [4.78, 5) is 24.6. The molecule has 4 rings (SSSR count). The number of fused-ring (bicyclic) bond motifs is 1. The second-order valence-electron chi connectivity index (χ2n) is 7.28. The molecular weight excluding hydrogens is 428 g/mol. The third kappa shape index (κ3) is 3.72. The lowest BCUT2D eigenvalue weighted by Crippen LogP contribution is -2.46. The highest BCUT2D eigenvalue weighted by atomic mass is 19.4. The highest BCUT2D eigenvalue weighted by Gasteiger charge is 2.37. The summed E-state index contributed by atoms with van der Waals surface area (Å²) in [6.07, 6.45) is -3.23. The van der Waals surface area contributed by atoms with Crippen LogP contribution < -0.4 is 14.5 Å². The van der Waals surface area contributed by atoms with E-state index in [9.17, 15) is 22.4 Å². The Morgan fingerprint density at radius 3 is 2.41 bits per heavy atom. The molecule has 1 amide bonds. The van der Waals surface area contributed by atoms with Gasteiger partial charge in [0.15, 0.2) is 5.82 Å². The number of alkyl halides is 3. The Hall–Kier alpha value is -3.69. The van der Waals surface area contributed by atoms with Crippen molar-refractivity contribution in [1.29, 1.82) is 0 Å². The molecule has 1 aliphatic rings. The lowest BCUT2D eigenvalue weighted by atomic mass is 10.0. The number of carbonyl (C=O) groups is 1. The van der Waals surface area contributed by atoms with Crippen molar-refractivity contribution in [2.45, 2.75) is 20.0 Å². The number of carbonyl (C=O) groups excluding carboxylic acids is 1. The van der Waals surface area contributed by atoms with Crippen LogP contribution in [0, 0.1) is 19.7 Å². The van der Waals surface area contributed by atoms with Gasteiger partial charge < -0.3 is 9.64 Å². The first kappa shape index (κ1) is 21.5. The van der Waals surface area contributed by atoms with Gasteiger partial charge in [0.25, 0.3) is 5.91 Å². The Morgan fingerprint density at radius 2 is 1.78 bits per heavy atom. The van der Waals surface area contributed by atoms with Crippen molar-refractivity contribution in [3.05, 3.63) is 70.8 Å². The molecule has 2 aromatic carbocycles. The van der Waals surface area contributed by atoms with Gasteiger partial charge in [-0.1, -0.05) is 0 Å². The van der Waals surface area contributed by atoms with Crippen molar-refractivity contribution in [2.75, 3.05) is 23.6 Å². The number of benzene rings is 2. The summed E-state index contributed by atoms with van der Waals surface area (Å²) in [5.74, 6) is -0.493. The first-order valence-electron chi connectivity index (χ1n) is 9.54. The number of aromatic nitrogens is 2. The van der Waals surface area contributed by atoms with Crippen LogP contribution in [0.2, 0.25) is 0 Å². The Morgan fingerprint density at radius 1 is 1.03 bits per heavy atom. The standard InChI is InChI=1S/C22H18F4N4O2/c1-12-8-15(23)5-7-17(12)29-11-30(20-13(2)28-19(32-3)10-27-20)21(31)16-6-4-14(9-18(16)29)22(24,25)26/h4-10H,11H2,1-3H3. The molecule has 0 saturated heterocycles. The molecule has 0 N–H and O–H groups in total. The SMILES string of the molecule is COc1cnc(N2CN(c3ccc(F)cc3C)c3cc(C(F)(F)F)ccc3C2=O)c(C)n1. The monoisotopic (exact) mass is 446 g/mol. The summed E-state index contributed by atoms with van der Waals surface area (Å²) >= 11 is 0. The minimum Gasteiger partial charge on any atom is -0.480 e. The van der Waals surface area contributed by atoms with Gasteiger partial charge >= 0.3 is 6.18 Å². The van der Waals surface area contributed by atoms with Crippen molar-refractivity contribution in [3.63, 3.8) is 0 Å². The number of methoxy groups -OCH3 is 1. The average Bonchev–Trinajstić information content (AvgIpc) is 2.74. The van der Waals surface area contributed by atoms with Crippen LogP contribution in [-0.2, 0) is 6.18 Å². The number of ether oxygens (including phenoxy) is 1.